The SMILES string of the molecule is CCc1ccc(NC(=S)NCC(C)OC)cc1. The number of aryl methyl sites for hydroxylation is 1. The zero-order valence-electron chi connectivity index (χ0n) is 10.6. The predicted octanol–water partition coefficient (Wildman–Crippen LogP) is 2.57. The van der Waals surface area contributed by atoms with E-state index in [1.807, 2.05) is 19.1 Å². The summed E-state index contributed by atoms with van der Waals surface area (Å²) in [6.45, 7) is 4.84. The molecule has 0 aliphatic heterocycles. The maximum Gasteiger partial charge on any atom is 0.170 e. The van der Waals surface area contributed by atoms with Crippen LogP contribution < -0.4 is 10.6 Å². The van der Waals surface area contributed by atoms with Crippen LogP contribution in [0, 0.1) is 0 Å². The standard InChI is InChI=1S/C13H20N2OS/c1-4-11-5-7-12(8-6-11)15-13(17)14-9-10(2)16-3/h5-8,10H,4,9H2,1-3H3,(H2,14,15,17). The fourth-order valence-electron chi connectivity index (χ4n) is 1.32. The molecule has 0 radical (unpaired) electrons. The van der Waals surface area contributed by atoms with Gasteiger partial charge in [0, 0.05) is 19.3 Å². The van der Waals surface area contributed by atoms with Gasteiger partial charge in [0.1, 0.15) is 0 Å². The molecule has 0 saturated heterocycles. The fraction of sp³-hybridized carbons (Fsp3) is 0.462. The Balaban J connectivity index is 2.39. The second-order valence-corrected chi connectivity index (χ2v) is 4.34. The number of ether oxygens (including phenoxy) is 1. The van der Waals surface area contributed by atoms with Crippen molar-refractivity contribution in [1.82, 2.24) is 5.32 Å². The molecule has 94 valence electrons. The molecule has 0 fully saturated rings. The van der Waals surface area contributed by atoms with E-state index in [2.05, 4.69) is 29.7 Å². The Morgan fingerprint density at radius 3 is 2.53 bits per heavy atom. The predicted molar refractivity (Wildman–Crippen MR) is 76.5 cm³/mol. The first-order chi connectivity index (χ1) is 8.15. The van der Waals surface area contributed by atoms with Gasteiger partial charge >= 0.3 is 0 Å². The third-order valence-corrected chi connectivity index (χ3v) is 2.82. The van der Waals surface area contributed by atoms with E-state index in [-0.39, 0.29) is 6.10 Å². The monoisotopic (exact) mass is 252 g/mol. The molecule has 3 nitrogen and oxygen atoms in total. The minimum absolute atomic E-state index is 0.150. The number of anilines is 1. The van der Waals surface area contributed by atoms with Gasteiger partial charge in [0.25, 0.3) is 0 Å². The summed E-state index contributed by atoms with van der Waals surface area (Å²) in [7, 11) is 1.69. The van der Waals surface area contributed by atoms with Crippen molar-refractivity contribution in [3.63, 3.8) is 0 Å². The summed E-state index contributed by atoms with van der Waals surface area (Å²) in [4.78, 5) is 0. The van der Waals surface area contributed by atoms with Gasteiger partial charge in [0.2, 0.25) is 0 Å². The molecule has 0 bridgehead atoms. The van der Waals surface area contributed by atoms with E-state index in [0.29, 0.717) is 11.7 Å². The van der Waals surface area contributed by atoms with Crippen LogP contribution in [-0.4, -0.2) is 24.9 Å². The molecule has 0 amide bonds. The number of benzene rings is 1. The molecule has 1 rings (SSSR count). The molecule has 1 aromatic rings. The van der Waals surface area contributed by atoms with Crippen LogP contribution in [-0.2, 0) is 11.2 Å². The molecular weight excluding hydrogens is 232 g/mol. The van der Waals surface area contributed by atoms with Crippen molar-refractivity contribution in [1.29, 1.82) is 0 Å². The van der Waals surface area contributed by atoms with Crippen molar-refractivity contribution >= 4 is 23.0 Å². The van der Waals surface area contributed by atoms with Crippen LogP contribution in [0.5, 0.6) is 0 Å². The van der Waals surface area contributed by atoms with Crippen molar-refractivity contribution in [2.75, 3.05) is 19.0 Å². The Hall–Kier alpha value is -1.13. The van der Waals surface area contributed by atoms with Crippen molar-refractivity contribution in [2.45, 2.75) is 26.4 Å². The minimum atomic E-state index is 0.150. The molecule has 2 N–H and O–H groups in total. The Morgan fingerprint density at radius 2 is 2.00 bits per heavy atom. The van der Waals surface area contributed by atoms with Gasteiger partial charge in [-0.15, -0.1) is 0 Å². The highest BCUT2D eigenvalue weighted by Gasteiger charge is 2.01. The van der Waals surface area contributed by atoms with Gasteiger partial charge in [0.15, 0.2) is 5.11 Å². The van der Waals surface area contributed by atoms with Crippen LogP contribution in [0.15, 0.2) is 24.3 Å². The van der Waals surface area contributed by atoms with E-state index < -0.39 is 0 Å². The first-order valence-corrected chi connectivity index (χ1v) is 6.23. The highest BCUT2D eigenvalue weighted by Crippen LogP contribution is 2.09. The van der Waals surface area contributed by atoms with E-state index in [4.69, 9.17) is 17.0 Å². The summed E-state index contributed by atoms with van der Waals surface area (Å²) in [5.41, 5.74) is 2.33. The van der Waals surface area contributed by atoms with Crippen LogP contribution in [0.25, 0.3) is 0 Å². The van der Waals surface area contributed by atoms with Crippen LogP contribution >= 0.6 is 12.2 Å². The Bertz CT molecular complexity index is 351. The Kier molecular flexibility index (Phi) is 5.94. The molecule has 0 spiro atoms. The van der Waals surface area contributed by atoms with Crippen molar-refractivity contribution in [2.24, 2.45) is 0 Å². The fourth-order valence-corrected chi connectivity index (χ4v) is 1.52. The van der Waals surface area contributed by atoms with E-state index in [1.165, 1.54) is 5.56 Å². The van der Waals surface area contributed by atoms with E-state index in [0.717, 1.165) is 12.1 Å². The average molecular weight is 252 g/mol. The van der Waals surface area contributed by atoms with Crippen molar-refractivity contribution < 1.29 is 4.74 Å². The summed E-state index contributed by atoms with van der Waals surface area (Å²) in [5, 5.41) is 6.87. The van der Waals surface area contributed by atoms with Gasteiger partial charge in [-0.25, -0.2) is 0 Å². The highest BCUT2D eigenvalue weighted by molar-refractivity contribution is 7.80. The van der Waals surface area contributed by atoms with Gasteiger partial charge in [0.05, 0.1) is 6.10 Å². The molecule has 1 aromatic carbocycles. The van der Waals surface area contributed by atoms with Gasteiger partial charge in [-0.2, -0.15) is 0 Å². The first kappa shape index (κ1) is 13.9. The topological polar surface area (TPSA) is 33.3 Å². The smallest absolute Gasteiger partial charge is 0.170 e. The van der Waals surface area contributed by atoms with Crippen LogP contribution in [0.4, 0.5) is 5.69 Å². The molecule has 1 unspecified atom stereocenters. The largest absolute Gasteiger partial charge is 0.380 e. The molecular formula is C13H20N2OS. The second-order valence-electron chi connectivity index (χ2n) is 3.93. The van der Waals surface area contributed by atoms with Gasteiger partial charge in [-0.1, -0.05) is 19.1 Å². The van der Waals surface area contributed by atoms with Gasteiger partial charge in [-0.3, -0.25) is 0 Å². The summed E-state index contributed by atoms with van der Waals surface area (Å²) >= 11 is 5.19. The number of thiocarbonyl (C=S) groups is 1. The lowest BCUT2D eigenvalue weighted by molar-refractivity contribution is 0.121. The third kappa shape index (κ3) is 5.15. The van der Waals surface area contributed by atoms with Crippen molar-refractivity contribution in [3.05, 3.63) is 29.8 Å². The molecule has 0 aliphatic rings. The lowest BCUT2D eigenvalue weighted by Crippen LogP contribution is -2.34. The summed E-state index contributed by atoms with van der Waals surface area (Å²) in [6, 6.07) is 8.27. The molecule has 1 atom stereocenters. The second kappa shape index (κ2) is 7.25. The average Bonchev–Trinajstić information content (AvgIpc) is 2.36. The molecule has 0 aromatic heterocycles. The number of nitrogens with one attached hydrogen (secondary N) is 2. The molecule has 0 aliphatic carbocycles. The number of hydrogen-bond acceptors (Lipinski definition) is 2. The molecule has 4 heteroatoms. The third-order valence-electron chi connectivity index (χ3n) is 2.57. The van der Waals surface area contributed by atoms with E-state index in [1.54, 1.807) is 7.11 Å². The molecule has 0 saturated carbocycles. The maximum absolute atomic E-state index is 5.19. The van der Waals surface area contributed by atoms with Crippen LogP contribution in [0.2, 0.25) is 0 Å². The summed E-state index contributed by atoms with van der Waals surface area (Å²) in [5.74, 6) is 0. The lowest BCUT2D eigenvalue weighted by atomic mass is 10.1. The Morgan fingerprint density at radius 1 is 1.35 bits per heavy atom. The highest BCUT2D eigenvalue weighted by atomic mass is 32.1. The Labute approximate surface area is 109 Å². The van der Waals surface area contributed by atoms with Crippen molar-refractivity contribution in [3.8, 4) is 0 Å². The summed E-state index contributed by atoms with van der Waals surface area (Å²) in [6.07, 6.45) is 1.20. The zero-order chi connectivity index (χ0) is 12.7. The zero-order valence-corrected chi connectivity index (χ0v) is 11.4. The van der Waals surface area contributed by atoms with Crippen LogP contribution in [0.1, 0.15) is 19.4 Å². The molecule has 17 heavy (non-hydrogen) atoms. The van der Waals surface area contributed by atoms with Crippen LogP contribution in [0.3, 0.4) is 0 Å². The van der Waals surface area contributed by atoms with Gasteiger partial charge in [-0.05, 0) is 43.3 Å². The van der Waals surface area contributed by atoms with Gasteiger partial charge < -0.3 is 15.4 Å². The number of hydrogen-bond donors (Lipinski definition) is 2. The van der Waals surface area contributed by atoms with E-state index >= 15 is 0 Å². The normalized spacial score (nSPS) is 11.9. The quantitative estimate of drug-likeness (QED) is 0.789. The van der Waals surface area contributed by atoms with E-state index in [9.17, 15) is 0 Å². The first-order valence-electron chi connectivity index (χ1n) is 5.82. The number of rotatable bonds is 5. The summed E-state index contributed by atoms with van der Waals surface area (Å²) < 4.78 is 5.13. The molecule has 0 heterocycles. The lowest BCUT2D eigenvalue weighted by Gasteiger charge is -2.14. The maximum atomic E-state index is 5.19. The number of methoxy groups -OCH3 is 1. The minimum Gasteiger partial charge on any atom is -0.380 e.